The fraction of sp³-hybridized carbons (Fsp3) is 0.0588. The lowest BCUT2D eigenvalue weighted by Gasteiger charge is -2.09. The second kappa shape index (κ2) is 5.34. The van der Waals surface area contributed by atoms with E-state index in [4.69, 9.17) is 5.84 Å². The van der Waals surface area contributed by atoms with E-state index in [2.05, 4.69) is 10.4 Å². The molecule has 21 heavy (non-hydrogen) atoms. The fourth-order valence-corrected chi connectivity index (χ4v) is 2.36. The van der Waals surface area contributed by atoms with Gasteiger partial charge in [0.15, 0.2) is 0 Å². The summed E-state index contributed by atoms with van der Waals surface area (Å²) in [6, 6.07) is 17.4. The van der Waals surface area contributed by atoms with Crippen LogP contribution >= 0.6 is 0 Å². The molecule has 0 spiro atoms. The minimum absolute atomic E-state index is 0.315. The van der Waals surface area contributed by atoms with Gasteiger partial charge in [-0.1, -0.05) is 42.0 Å². The summed E-state index contributed by atoms with van der Waals surface area (Å²) in [5, 5.41) is 0.803. The van der Waals surface area contributed by atoms with Crippen molar-refractivity contribution in [3.05, 3.63) is 65.7 Å². The molecule has 3 rings (SSSR count). The van der Waals surface area contributed by atoms with Gasteiger partial charge in [0.2, 0.25) is 0 Å². The molecular weight excluding hydrogens is 262 g/mol. The number of hydrogen-bond acceptors (Lipinski definition) is 3. The van der Waals surface area contributed by atoms with Crippen LogP contribution in [0, 0.1) is 6.92 Å². The number of fused-ring (bicyclic) bond motifs is 1. The molecule has 4 heteroatoms. The number of nitrogen functional groups attached to an aromatic ring is 1. The lowest BCUT2D eigenvalue weighted by molar-refractivity contribution is 0.0955. The van der Waals surface area contributed by atoms with Crippen LogP contribution in [0.15, 0.2) is 54.6 Å². The first kappa shape index (κ1) is 13.3. The number of nitrogens with zero attached hydrogens (tertiary/aromatic N) is 1. The van der Waals surface area contributed by atoms with Crippen LogP contribution in [0.25, 0.3) is 22.2 Å². The van der Waals surface area contributed by atoms with Gasteiger partial charge >= 0.3 is 0 Å². The number of hydrazine groups is 1. The van der Waals surface area contributed by atoms with E-state index >= 15 is 0 Å². The van der Waals surface area contributed by atoms with Gasteiger partial charge in [-0.05, 0) is 25.1 Å². The number of pyridine rings is 1. The van der Waals surface area contributed by atoms with Gasteiger partial charge in [-0.15, -0.1) is 0 Å². The molecule has 0 aliphatic carbocycles. The van der Waals surface area contributed by atoms with Crippen molar-refractivity contribution in [3.63, 3.8) is 0 Å². The van der Waals surface area contributed by atoms with E-state index in [0.717, 1.165) is 27.7 Å². The summed E-state index contributed by atoms with van der Waals surface area (Å²) >= 11 is 0. The molecule has 0 aliphatic heterocycles. The van der Waals surface area contributed by atoms with E-state index in [1.165, 1.54) is 0 Å². The summed E-state index contributed by atoms with van der Waals surface area (Å²) in [6.45, 7) is 1.98. The molecule has 1 aromatic heterocycles. The molecule has 104 valence electrons. The van der Waals surface area contributed by atoms with Crippen LogP contribution in [0.4, 0.5) is 0 Å². The van der Waals surface area contributed by atoms with Crippen molar-refractivity contribution in [3.8, 4) is 11.3 Å². The molecule has 1 heterocycles. The Balaban J connectivity index is 2.30. The number of carbonyl (C=O) groups is 1. The first-order chi connectivity index (χ1) is 10.2. The highest BCUT2D eigenvalue weighted by Gasteiger charge is 2.13. The first-order valence-electron chi connectivity index (χ1n) is 6.67. The van der Waals surface area contributed by atoms with E-state index in [1.54, 1.807) is 6.07 Å². The molecular formula is C17H15N3O. The minimum atomic E-state index is -0.315. The van der Waals surface area contributed by atoms with Crippen molar-refractivity contribution in [1.29, 1.82) is 0 Å². The minimum Gasteiger partial charge on any atom is -0.290 e. The number of carbonyl (C=O) groups excluding carboxylic acids is 1. The normalized spacial score (nSPS) is 10.6. The average Bonchev–Trinajstić information content (AvgIpc) is 2.54. The summed E-state index contributed by atoms with van der Waals surface area (Å²) in [4.78, 5) is 16.7. The highest BCUT2D eigenvalue weighted by atomic mass is 16.2. The molecule has 3 N–H and O–H groups in total. The SMILES string of the molecule is Cc1ccc2nc(-c3ccccc3)cc(C(=O)NN)c2c1. The Hall–Kier alpha value is -2.72. The van der Waals surface area contributed by atoms with Gasteiger partial charge in [-0.2, -0.15) is 0 Å². The Labute approximate surface area is 122 Å². The Kier molecular flexibility index (Phi) is 3.38. The number of nitrogens with two attached hydrogens (primary N) is 1. The summed E-state index contributed by atoms with van der Waals surface area (Å²) in [5.74, 6) is 4.99. The fourth-order valence-electron chi connectivity index (χ4n) is 2.36. The van der Waals surface area contributed by atoms with Crippen LogP contribution in [0.2, 0.25) is 0 Å². The van der Waals surface area contributed by atoms with E-state index in [-0.39, 0.29) is 5.91 Å². The van der Waals surface area contributed by atoms with Crippen LogP contribution in [0.3, 0.4) is 0 Å². The van der Waals surface area contributed by atoms with Gasteiger partial charge in [-0.3, -0.25) is 10.2 Å². The maximum Gasteiger partial charge on any atom is 0.265 e. The van der Waals surface area contributed by atoms with E-state index in [0.29, 0.717) is 5.56 Å². The van der Waals surface area contributed by atoms with Crippen LogP contribution in [0.5, 0.6) is 0 Å². The Morgan fingerprint density at radius 1 is 1.10 bits per heavy atom. The third kappa shape index (κ3) is 2.49. The second-order valence-electron chi connectivity index (χ2n) is 4.92. The van der Waals surface area contributed by atoms with Crippen LogP contribution in [0.1, 0.15) is 15.9 Å². The van der Waals surface area contributed by atoms with E-state index in [9.17, 15) is 4.79 Å². The van der Waals surface area contributed by atoms with Crippen molar-refractivity contribution in [2.45, 2.75) is 6.92 Å². The number of aromatic nitrogens is 1. The number of nitrogens with one attached hydrogen (secondary N) is 1. The number of hydrogen-bond donors (Lipinski definition) is 2. The molecule has 0 aliphatic rings. The van der Waals surface area contributed by atoms with E-state index in [1.807, 2.05) is 55.5 Å². The largest absolute Gasteiger partial charge is 0.290 e. The molecule has 0 saturated carbocycles. The van der Waals surface area contributed by atoms with E-state index < -0.39 is 0 Å². The third-order valence-electron chi connectivity index (χ3n) is 3.41. The molecule has 0 atom stereocenters. The smallest absolute Gasteiger partial charge is 0.265 e. The maximum atomic E-state index is 12.1. The second-order valence-corrected chi connectivity index (χ2v) is 4.92. The summed E-state index contributed by atoms with van der Waals surface area (Å²) in [7, 11) is 0. The zero-order valence-electron chi connectivity index (χ0n) is 11.6. The monoisotopic (exact) mass is 277 g/mol. The lowest BCUT2D eigenvalue weighted by atomic mass is 10.0. The standard InChI is InChI=1S/C17H15N3O/c1-11-7-8-15-13(9-11)14(17(21)20-18)10-16(19-15)12-5-3-2-4-6-12/h2-10H,18H2,1H3,(H,20,21). The van der Waals surface area contributed by atoms with Gasteiger partial charge in [0.25, 0.3) is 5.91 Å². The van der Waals surface area contributed by atoms with Crippen LogP contribution < -0.4 is 11.3 Å². The van der Waals surface area contributed by atoms with Crippen LogP contribution in [-0.2, 0) is 0 Å². The molecule has 0 unspecified atom stereocenters. The molecule has 0 saturated heterocycles. The summed E-state index contributed by atoms with van der Waals surface area (Å²) < 4.78 is 0. The average molecular weight is 277 g/mol. The van der Waals surface area contributed by atoms with Crippen molar-refractivity contribution in [2.75, 3.05) is 0 Å². The van der Waals surface area contributed by atoms with Gasteiger partial charge in [-0.25, -0.2) is 10.8 Å². The number of amides is 1. The van der Waals surface area contributed by atoms with Crippen molar-refractivity contribution in [1.82, 2.24) is 10.4 Å². The topological polar surface area (TPSA) is 68.0 Å². The number of aryl methyl sites for hydroxylation is 1. The van der Waals surface area contributed by atoms with Crippen molar-refractivity contribution in [2.24, 2.45) is 5.84 Å². The zero-order chi connectivity index (χ0) is 14.8. The zero-order valence-corrected chi connectivity index (χ0v) is 11.6. The number of benzene rings is 2. The Morgan fingerprint density at radius 3 is 2.57 bits per heavy atom. The molecule has 1 amide bonds. The van der Waals surface area contributed by atoms with Crippen LogP contribution in [-0.4, -0.2) is 10.9 Å². The summed E-state index contributed by atoms with van der Waals surface area (Å²) in [6.07, 6.45) is 0. The predicted molar refractivity (Wildman–Crippen MR) is 83.6 cm³/mol. The molecule has 4 nitrogen and oxygen atoms in total. The van der Waals surface area contributed by atoms with Crippen molar-refractivity contribution < 1.29 is 4.79 Å². The third-order valence-corrected chi connectivity index (χ3v) is 3.41. The summed E-state index contributed by atoms with van der Waals surface area (Å²) in [5.41, 5.74) is 6.31. The highest BCUT2D eigenvalue weighted by Crippen LogP contribution is 2.25. The Bertz CT molecular complexity index is 813. The van der Waals surface area contributed by atoms with Crippen molar-refractivity contribution >= 4 is 16.8 Å². The van der Waals surface area contributed by atoms with Gasteiger partial charge < -0.3 is 0 Å². The van der Waals surface area contributed by atoms with Gasteiger partial charge in [0.05, 0.1) is 16.8 Å². The first-order valence-corrected chi connectivity index (χ1v) is 6.67. The molecule has 2 aromatic carbocycles. The maximum absolute atomic E-state index is 12.1. The number of rotatable bonds is 2. The molecule has 0 bridgehead atoms. The lowest BCUT2D eigenvalue weighted by Crippen LogP contribution is -2.30. The quantitative estimate of drug-likeness (QED) is 0.430. The highest BCUT2D eigenvalue weighted by molar-refractivity contribution is 6.07. The van der Waals surface area contributed by atoms with Gasteiger partial charge in [0.1, 0.15) is 0 Å². The predicted octanol–water partition coefficient (Wildman–Crippen LogP) is 2.81. The molecule has 0 radical (unpaired) electrons. The molecule has 3 aromatic rings. The Morgan fingerprint density at radius 2 is 1.86 bits per heavy atom. The molecule has 0 fully saturated rings. The van der Waals surface area contributed by atoms with Gasteiger partial charge in [0, 0.05) is 10.9 Å².